The zero-order valence-electron chi connectivity index (χ0n) is 16.3. The Labute approximate surface area is 166 Å². The molecule has 2 aliphatic rings. The molecule has 0 amide bonds. The number of ether oxygens (including phenoxy) is 3. The smallest absolute Gasteiger partial charge is 0.344 e. The minimum absolute atomic E-state index is 0.00118. The van der Waals surface area contributed by atoms with Gasteiger partial charge in [-0.2, -0.15) is 0 Å². The van der Waals surface area contributed by atoms with Crippen LogP contribution in [0.4, 0.5) is 0 Å². The van der Waals surface area contributed by atoms with Gasteiger partial charge in [-0.05, 0) is 86.0 Å². The Kier molecular flexibility index (Phi) is 5.81. The molecule has 5 nitrogen and oxygen atoms in total. The van der Waals surface area contributed by atoms with Crippen LogP contribution in [-0.4, -0.2) is 33.0 Å². The number of hydrogen-bond donors (Lipinski definition) is 1. The molecule has 1 aliphatic heterocycles. The first kappa shape index (κ1) is 18.8. The molecule has 2 aromatic rings. The van der Waals surface area contributed by atoms with Crippen molar-refractivity contribution in [3.8, 4) is 11.5 Å². The van der Waals surface area contributed by atoms with Gasteiger partial charge in [-0.25, -0.2) is 4.79 Å². The quantitative estimate of drug-likeness (QED) is 0.583. The molecule has 148 valence electrons. The van der Waals surface area contributed by atoms with Crippen LogP contribution in [-0.2, 0) is 17.6 Å². The molecule has 2 aromatic carbocycles. The minimum Gasteiger partial charge on any atom is -0.496 e. The van der Waals surface area contributed by atoms with Crippen LogP contribution in [0.5, 0.6) is 11.5 Å². The van der Waals surface area contributed by atoms with E-state index in [1.165, 1.54) is 24.0 Å². The fourth-order valence-electron chi connectivity index (χ4n) is 4.27. The fourth-order valence-corrected chi connectivity index (χ4v) is 4.27. The zero-order valence-corrected chi connectivity index (χ0v) is 16.3. The number of fused-ring (bicyclic) bond motifs is 2. The normalized spacial score (nSPS) is 17.9. The van der Waals surface area contributed by atoms with Crippen LogP contribution in [0.25, 0.3) is 0 Å². The molecule has 1 heterocycles. The number of rotatable bonds is 7. The molecule has 0 spiro atoms. The van der Waals surface area contributed by atoms with Gasteiger partial charge in [0.1, 0.15) is 17.1 Å². The summed E-state index contributed by atoms with van der Waals surface area (Å²) in [4.78, 5) is 11.7. The number of benzene rings is 2. The Balaban J connectivity index is 1.27. The number of methoxy groups -OCH3 is 1. The third-order valence-corrected chi connectivity index (χ3v) is 5.74. The molecule has 1 aliphatic carbocycles. The first-order valence-electron chi connectivity index (χ1n) is 10.1. The van der Waals surface area contributed by atoms with Crippen molar-refractivity contribution in [3.63, 3.8) is 0 Å². The Bertz CT molecular complexity index is 848. The van der Waals surface area contributed by atoms with Crippen molar-refractivity contribution in [1.82, 2.24) is 5.32 Å². The van der Waals surface area contributed by atoms with E-state index in [1.807, 2.05) is 12.1 Å². The van der Waals surface area contributed by atoms with E-state index in [9.17, 15) is 4.79 Å². The van der Waals surface area contributed by atoms with E-state index in [-0.39, 0.29) is 12.8 Å². The second kappa shape index (κ2) is 8.65. The first-order valence-corrected chi connectivity index (χ1v) is 10.1. The van der Waals surface area contributed by atoms with Crippen LogP contribution < -0.4 is 14.8 Å². The van der Waals surface area contributed by atoms with E-state index in [0.717, 1.165) is 43.7 Å². The monoisotopic (exact) mass is 381 g/mol. The largest absolute Gasteiger partial charge is 0.496 e. The summed E-state index contributed by atoms with van der Waals surface area (Å²) in [6.07, 6.45) is 5.65. The molecule has 4 rings (SSSR count). The van der Waals surface area contributed by atoms with Gasteiger partial charge < -0.3 is 19.5 Å². The number of carbonyl (C=O) groups excluding carboxylic acids is 1. The number of esters is 1. The molecule has 1 N–H and O–H groups in total. The standard InChI is InChI=1S/C23H27NO4/c1-26-21-7-3-5-18-17(4-2-6-19(18)21)11-13-24-12-10-16-8-9-20-22(14-16)27-15-28-23(20)25/h3,5,7-9,14,17,24H,2,4,6,10-13,15H2,1H3. The van der Waals surface area contributed by atoms with Crippen LogP contribution in [0.3, 0.4) is 0 Å². The van der Waals surface area contributed by atoms with Gasteiger partial charge in [0.15, 0.2) is 0 Å². The average molecular weight is 381 g/mol. The number of carbonyl (C=O) groups is 1. The van der Waals surface area contributed by atoms with Gasteiger partial charge in [-0.15, -0.1) is 0 Å². The highest BCUT2D eigenvalue weighted by Gasteiger charge is 2.22. The second-order valence-electron chi connectivity index (χ2n) is 7.43. The van der Waals surface area contributed by atoms with Crippen molar-refractivity contribution in [1.29, 1.82) is 0 Å². The predicted molar refractivity (Wildman–Crippen MR) is 107 cm³/mol. The van der Waals surface area contributed by atoms with Crippen LogP contribution >= 0.6 is 0 Å². The van der Waals surface area contributed by atoms with Crippen molar-refractivity contribution < 1.29 is 19.0 Å². The molecule has 0 saturated heterocycles. The van der Waals surface area contributed by atoms with Crippen LogP contribution in [0, 0.1) is 0 Å². The maximum Gasteiger partial charge on any atom is 0.344 e. The van der Waals surface area contributed by atoms with Gasteiger partial charge in [0.2, 0.25) is 6.79 Å². The molecule has 28 heavy (non-hydrogen) atoms. The van der Waals surface area contributed by atoms with E-state index in [4.69, 9.17) is 14.2 Å². The highest BCUT2D eigenvalue weighted by atomic mass is 16.7. The molecule has 0 aromatic heterocycles. The van der Waals surface area contributed by atoms with Crippen LogP contribution in [0.2, 0.25) is 0 Å². The third-order valence-electron chi connectivity index (χ3n) is 5.74. The Morgan fingerprint density at radius 1 is 1.18 bits per heavy atom. The predicted octanol–water partition coefficient (Wildman–Crippen LogP) is 3.84. The highest BCUT2D eigenvalue weighted by Crippen LogP contribution is 2.38. The molecular weight excluding hydrogens is 354 g/mol. The number of hydrogen-bond acceptors (Lipinski definition) is 5. The Morgan fingerprint density at radius 3 is 3.00 bits per heavy atom. The molecule has 5 heteroatoms. The second-order valence-corrected chi connectivity index (χ2v) is 7.43. The van der Waals surface area contributed by atoms with E-state index >= 15 is 0 Å². The molecule has 1 unspecified atom stereocenters. The van der Waals surface area contributed by atoms with E-state index in [0.29, 0.717) is 17.2 Å². The summed E-state index contributed by atoms with van der Waals surface area (Å²) in [6, 6.07) is 12.2. The summed E-state index contributed by atoms with van der Waals surface area (Å²) in [6.45, 7) is 1.90. The molecule has 0 saturated carbocycles. The Morgan fingerprint density at radius 2 is 2.11 bits per heavy atom. The lowest BCUT2D eigenvalue weighted by molar-refractivity contribution is 0.00488. The molecule has 0 bridgehead atoms. The summed E-state index contributed by atoms with van der Waals surface area (Å²) in [5, 5.41) is 3.57. The summed E-state index contributed by atoms with van der Waals surface area (Å²) in [5.74, 6) is 1.96. The molecule has 0 radical (unpaired) electrons. The summed E-state index contributed by atoms with van der Waals surface area (Å²) in [5.41, 5.74) is 4.53. The SMILES string of the molecule is COc1cccc2c1CCCC2CCNCCc1ccc2c(c1)OCOC2=O. The van der Waals surface area contributed by atoms with Gasteiger partial charge >= 0.3 is 5.97 Å². The van der Waals surface area contributed by atoms with Gasteiger partial charge in [0, 0.05) is 0 Å². The topological polar surface area (TPSA) is 56.8 Å². The maximum absolute atomic E-state index is 11.7. The van der Waals surface area contributed by atoms with E-state index in [1.54, 1.807) is 13.2 Å². The Hall–Kier alpha value is -2.53. The van der Waals surface area contributed by atoms with E-state index in [2.05, 4.69) is 23.5 Å². The lowest BCUT2D eigenvalue weighted by Gasteiger charge is -2.27. The minimum atomic E-state index is -0.310. The molecular formula is C23H27NO4. The van der Waals surface area contributed by atoms with Crippen molar-refractivity contribution >= 4 is 5.97 Å². The first-order chi connectivity index (χ1) is 13.8. The molecule has 0 fully saturated rings. The highest BCUT2D eigenvalue weighted by molar-refractivity contribution is 5.93. The van der Waals surface area contributed by atoms with E-state index < -0.39 is 0 Å². The van der Waals surface area contributed by atoms with Crippen molar-refractivity contribution in [2.24, 2.45) is 0 Å². The van der Waals surface area contributed by atoms with Gasteiger partial charge in [0.05, 0.1) is 7.11 Å². The molecule has 1 atom stereocenters. The summed E-state index contributed by atoms with van der Waals surface area (Å²) < 4.78 is 15.8. The van der Waals surface area contributed by atoms with Crippen LogP contribution in [0.15, 0.2) is 36.4 Å². The zero-order chi connectivity index (χ0) is 19.3. The van der Waals surface area contributed by atoms with Crippen molar-refractivity contribution in [2.75, 3.05) is 27.0 Å². The van der Waals surface area contributed by atoms with Gasteiger partial charge in [-0.3, -0.25) is 0 Å². The third kappa shape index (κ3) is 3.99. The van der Waals surface area contributed by atoms with Gasteiger partial charge in [0.25, 0.3) is 0 Å². The lowest BCUT2D eigenvalue weighted by Crippen LogP contribution is -2.22. The lowest BCUT2D eigenvalue weighted by atomic mass is 9.80. The maximum atomic E-state index is 11.7. The summed E-state index contributed by atoms with van der Waals surface area (Å²) >= 11 is 0. The van der Waals surface area contributed by atoms with Gasteiger partial charge in [-0.1, -0.05) is 18.2 Å². The number of cyclic esters (lactones) is 1. The number of nitrogens with one attached hydrogen (secondary N) is 1. The van der Waals surface area contributed by atoms with Crippen LogP contribution in [0.1, 0.15) is 52.2 Å². The van der Waals surface area contributed by atoms with Crippen molar-refractivity contribution in [2.45, 2.75) is 38.0 Å². The summed E-state index contributed by atoms with van der Waals surface area (Å²) in [7, 11) is 1.76. The van der Waals surface area contributed by atoms with Crippen molar-refractivity contribution in [3.05, 3.63) is 58.7 Å². The average Bonchev–Trinajstić information content (AvgIpc) is 2.73. The fraction of sp³-hybridized carbons (Fsp3) is 0.435.